The second kappa shape index (κ2) is 21.6. The molecule has 8 aliphatic rings. The zero-order valence-corrected chi connectivity index (χ0v) is 46.8. The van der Waals surface area contributed by atoms with Crippen molar-refractivity contribution in [1.82, 2.24) is 5.32 Å². The number of carbonyl (C=O) groups excluding carboxylic acids is 3. The van der Waals surface area contributed by atoms with Gasteiger partial charge in [0.15, 0.2) is 5.78 Å². The third kappa shape index (κ3) is 10.6. The number of benzene rings is 1. The molecule has 16 atom stereocenters. The molecule has 1 amide bonds. The molecule has 4 N–H and O–H groups in total. The lowest BCUT2D eigenvalue weighted by Gasteiger charge is -2.64. The molecular weight excluding hydrogens is 945 g/mol. The zero-order valence-electron chi connectivity index (χ0n) is 46.8. The van der Waals surface area contributed by atoms with Gasteiger partial charge in [-0.25, -0.2) is 4.79 Å². The highest BCUT2D eigenvalue weighted by Crippen LogP contribution is 2.70. The maximum absolute atomic E-state index is 13.8. The topological polar surface area (TPSA) is 172 Å². The number of likely N-dealkylation sites (N-methyl/N-ethyl adjacent to an activating group) is 1. The van der Waals surface area contributed by atoms with Gasteiger partial charge in [-0.1, -0.05) is 51.3 Å². The van der Waals surface area contributed by atoms with Gasteiger partial charge < -0.3 is 39.7 Å². The van der Waals surface area contributed by atoms with E-state index in [1.165, 1.54) is 22.3 Å². The van der Waals surface area contributed by atoms with Crippen LogP contribution < -0.4 is 10.2 Å². The number of nitrogens with zero attached hydrogens (tertiary/aromatic N) is 1. The smallest absolute Gasteiger partial charge is 0.407 e. The van der Waals surface area contributed by atoms with E-state index in [0.717, 1.165) is 82.9 Å². The second-order valence-electron chi connectivity index (χ2n) is 26.6. The Kier molecular flexibility index (Phi) is 16.0. The van der Waals surface area contributed by atoms with E-state index in [-0.39, 0.29) is 89.1 Å². The summed E-state index contributed by atoms with van der Waals surface area (Å²) in [5.74, 6) is 7.41. The Morgan fingerprint density at radius 1 is 0.933 bits per heavy atom. The fourth-order valence-corrected chi connectivity index (χ4v) is 17.7. The highest BCUT2D eigenvalue weighted by Gasteiger charge is 2.67. The summed E-state index contributed by atoms with van der Waals surface area (Å²) in [5, 5.41) is 36.8. The molecule has 0 bridgehead atoms. The van der Waals surface area contributed by atoms with Gasteiger partial charge in [0.25, 0.3) is 0 Å². The summed E-state index contributed by atoms with van der Waals surface area (Å²) in [6.45, 7) is 18.0. The number of hydrogen-bond donors (Lipinski definition) is 4. The van der Waals surface area contributed by atoms with Gasteiger partial charge in [0, 0.05) is 62.3 Å². The van der Waals surface area contributed by atoms with Gasteiger partial charge in [-0.05, 0) is 211 Å². The Morgan fingerprint density at radius 3 is 2.41 bits per heavy atom. The number of amides is 1. The number of alkyl carbamates (subject to hydrolysis) is 1. The monoisotopic (exact) mass is 1030 g/mol. The fraction of sp³-hybridized carbons (Fsp3) is 0.746. The molecule has 0 aliphatic heterocycles. The largest absolute Gasteiger partial charge is 0.481 e. The minimum absolute atomic E-state index is 0.0597. The molecule has 1 aromatic carbocycles. The van der Waals surface area contributed by atoms with Crippen molar-refractivity contribution >= 4 is 29.5 Å². The van der Waals surface area contributed by atoms with Crippen molar-refractivity contribution in [2.24, 2.45) is 63.6 Å². The predicted octanol–water partition coefficient (Wildman–Crippen LogP) is 11.1. The summed E-state index contributed by atoms with van der Waals surface area (Å²) in [5.41, 5.74) is 4.11. The summed E-state index contributed by atoms with van der Waals surface area (Å²) in [6.07, 6.45) is 13.8. The molecule has 0 saturated heterocycles. The van der Waals surface area contributed by atoms with Gasteiger partial charge in [0.05, 0.1) is 18.8 Å². The molecule has 6 fully saturated rings. The molecule has 0 aromatic heterocycles. The van der Waals surface area contributed by atoms with Crippen LogP contribution in [0.3, 0.4) is 0 Å². The van der Waals surface area contributed by atoms with Crippen molar-refractivity contribution in [3.63, 3.8) is 0 Å². The maximum Gasteiger partial charge on any atom is 0.407 e. The molecule has 0 heterocycles. The Labute approximate surface area is 447 Å². The summed E-state index contributed by atoms with van der Waals surface area (Å²) in [6, 6.07) is 9.04. The van der Waals surface area contributed by atoms with Crippen molar-refractivity contribution in [3.8, 4) is 11.8 Å². The van der Waals surface area contributed by atoms with Gasteiger partial charge in [0.1, 0.15) is 17.3 Å². The standard InChI is InChI=1S/C63H90N2O10/c1-10-27-63(72)29-26-49-46-20-16-40-33-43(66)19-21-45(40)56(46)47(37-61(49,63)7)39-14-17-42(18-15-39)65(9)31-32-73-44-25-28-60(6)41(34-44)35-52(74-55(70)12-11-30-64-58(71)75-59(3,4)5)57-50-23-22-48(38(2)13-24-54(68)69)62(50,8)53(67)36-51(57)60/h14-15,17-18,33,38,41,44,46-53,57,67,72H,11-13,16,19-26,28-32,34-37H2,1-9H3,(H,64,71)(H,68,69)/t38-,41+,44+,46+,47-,48-,49+,50+,51+,52-,53+,57+,60+,61+,62-,63+/m1/s1. The van der Waals surface area contributed by atoms with E-state index in [4.69, 9.17) is 14.2 Å². The fourth-order valence-electron chi connectivity index (χ4n) is 17.7. The first-order chi connectivity index (χ1) is 35.5. The van der Waals surface area contributed by atoms with Crippen LogP contribution in [0.4, 0.5) is 10.5 Å². The molecule has 0 unspecified atom stereocenters. The number of carboxylic acid groups (broad SMARTS) is 1. The van der Waals surface area contributed by atoms with Crippen molar-refractivity contribution < 1.29 is 48.7 Å². The molecule has 75 heavy (non-hydrogen) atoms. The summed E-state index contributed by atoms with van der Waals surface area (Å²) >= 11 is 0. The second-order valence-corrected chi connectivity index (χ2v) is 26.6. The minimum atomic E-state index is -1.01. The average molecular weight is 1040 g/mol. The van der Waals surface area contributed by atoms with Crippen molar-refractivity contribution in [2.45, 2.75) is 206 Å². The molecule has 412 valence electrons. The number of aliphatic hydroxyl groups is 2. The summed E-state index contributed by atoms with van der Waals surface area (Å²) in [7, 11) is 2.12. The first-order valence-corrected chi connectivity index (χ1v) is 29.1. The van der Waals surface area contributed by atoms with Crippen LogP contribution in [0.5, 0.6) is 0 Å². The number of rotatable bonds is 15. The number of allylic oxidation sites excluding steroid dienone is 4. The van der Waals surface area contributed by atoms with Gasteiger partial charge in [-0.2, -0.15) is 0 Å². The molecule has 1 aromatic rings. The lowest BCUT2D eigenvalue weighted by Crippen LogP contribution is -2.63. The number of anilines is 1. The number of ether oxygens (including phenoxy) is 3. The number of nitrogens with one attached hydrogen (secondary N) is 1. The first kappa shape index (κ1) is 55.6. The Bertz CT molecular complexity index is 2450. The maximum atomic E-state index is 13.8. The Hall–Kier alpha value is -4.18. The first-order valence-electron chi connectivity index (χ1n) is 29.1. The van der Waals surface area contributed by atoms with E-state index in [2.05, 4.69) is 81.1 Å². The zero-order chi connectivity index (χ0) is 53.8. The van der Waals surface area contributed by atoms with Crippen LogP contribution in [0.2, 0.25) is 0 Å². The molecule has 8 aliphatic carbocycles. The molecular formula is C63H90N2O10. The number of carboxylic acids is 1. The number of fused-ring (bicyclic) bond motifs is 9. The van der Waals surface area contributed by atoms with Gasteiger partial charge >= 0.3 is 18.0 Å². The highest BCUT2D eigenvalue weighted by molar-refractivity contribution is 5.93. The van der Waals surface area contributed by atoms with Crippen molar-refractivity contribution in [3.05, 3.63) is 52.6 Å². The highest BCUT2D eigenvalue weighted by atomic mass is 16.6. The van der Waals surface area contributed by atoms with E-state index in [1.54, 1.807) is 0 Å². The molecule has 12 nitrogen and oxygen atoms in total. The van der Waals surface area contributed by atoms with E-state index >= 15 is 0 Å². The van der Waals surface area contributed by atoms with Crippen LogP contribution in [0.1, 0.15) is 182 Å². The molecule has 9 rings (SSSR count). The van der Waals surface area contributed by atoms with Gasteiger partial charge in [0.2, 0.25) is 0 Å². The number of carbonyl (C=O) groups is 4. The van der Waals surface area contributed by atoms with Crippen LogP contribution in [0, 0.1) is 75.4 Å². The van der Waals surface area contributed by atoms with E-state index < -0.39 is 34.8 Å². The molecule has 0 radical (unpaired) electrons. The number of hydrogen-bond acceptors (Lipinski definition) is 10. The molecule has 6 saturated carbocycles. The molecule has 0 spiro atoms. The van der Waals surface area contributed by atoms with Crippen LogP contribution in [-0.4, -0.2) is 95.4 Å². The number of esters is 1. The predicted molar refractivity (Wildman–Crippen MR) is 289 cm³/mol. The normalized spacial score (nSPS) is 38.2. The third-order valence-electron chi connectivity index (χ3n) is 21.5. The minimum Gasteiger partial charge on any atom is -0.481 e. The summed E-state index contributed by atoms with van der Waals surface area (Å²) < 4.78 is 18.8. The quantitative estimate of drug-likeness (QED) is 0.0748. The van der Waals surface area contributed by atoms with Crippen LogP contribution in [0.15, 0.2) is 47.1 Å². The Balaban J connectivity index is 0.867. The van der Waals surface area contributed by atoms with Crippen molar-refractivity contribution in [2.75, 3.05) is 31.6 Å². The van der Waals surface area contributed by atoms with Crippen LogP contribution in [-0.2, 0) is 28.6 Å². The third-order valence-corrected chi connectivity index (χ3v) is 21.5. The van der Waals surface area contributed by atoms with Crippen LogP contribution >= 0.6 is 0 Å². The number of aliphatic carboxylic acids is 1. The lowest BCUT2D eigenvalue weighted by molar-refractivity contribution is -0.219. The van der Waals surface area contributed by atoms with E-state index in [1.807, 2.05) is 33.8 Å². The number of aliphatic hydroxyl groups excluding tert-OH is 1. The van der Waals surface area contributed by atoms with Gasteiger partial charge in [-0.3, -0.25) is 14.4 Å². The Morgan fingerprint density at radius 2 is 1.69 bits per heavy atom. The lowest BCUT2D eigenvalue weighted by atomic mass is 9.43. The van der Waals surface area contributed by atoms with E-state index in [9.17, 15) is 34.5 Å². The van der Waals surface area contributed by atoms with Gasteiger partial charge in [-0.15, -0.1) is 5.92 Å². The van der Waals surface area contributed by atoms with Crippen molar-refractivity contribution in [1.29, 1.82) is 0 Å². The molecule has 12 heteroatoms. The number of ketones is 1. The SMILES string of the molecule is CC#C[C@]1(O)CC[C@H]2[C@@H]3CCC4=CC(=O)CCC4=C3[C@@H](c3ccc(N(C)CCO[C@H]4CC[C@@]5(C)[C@@H](C4)C[C@@H](OC(=O)CCCNC(=O)OC(C)(C)C)[C@@H]4[C@@H]5C[C@H](O)[C@]5(C)[C@@H]([C@H](C)CCC(=O)O)CC[C@@H]45)cc3)C[C@@]21C. The summed E-state index contributed by atoms with van der Waals surface area (Å²) in [4.78, 5) is 52.7. The average Bonchev–Trinajstić information content (AvgIpc) is 3.85. The van der Waals surface area contributed by atoms with E-state index in [0.29, 0.717) is 57.1 Å². The van der Waals surface area contributed by atoms with Crippen LogP contribution in [0.25, 0.3) is 0 Å².